The van der Waals surface area contributed by atoms with E-state index in [-0.39, 0.29) is 24.5 Å². The highest BCUT2D eigenvalue weighted by molar-refractivity contribution is 5.91. The molecule has 0 fully saturated rings. The molecule has 0 saturated carbocycles. The van der Waals surface area contributed by atoms with Gasteiger partial charge in [-0.05, 0) is 40.5 Å². The van der Waals surface area contributed by atoms with Crippen LogP contribution in [0, 0.1) is 5.92 Å². The molecule has 0 bridgehead atoms. The first-order valence-corrected chi connectivity index (χ1v) is 7.67. The van der Waals surface area contributed by atoms with Gasteiger partial charge in [0.15, 0.2) is 5.78 Å². The molecule has 3 unspecified atom stereocenters. The van der Waals surface area contributed by atoms with E-state index in [1.54, 1.807) is 20.8 Å². The van der Waals surface area contributed by atoms with Gasteiger partial charge in [-0.1, -0.05) is 6.92 Å². The zero-order valence-corrected chi connectivity index (χ0v) is 14.4. The highest BCUT2D eigenvalue weighted by Gasteiger charge is 2.30. The Kier molecular flexibility index (Phi) is 8.30. The standard InChI is InChI=1S/C16H29NO5/c1-7-13(15(21)17-16(5,6)11(3)18)9-14(20)8-10(2)22-12(4)19/h10,13-14,20H,7-9H2,1-6H3,(H,17,21). The lowest BCUT2D eigenvalue weighted by molar-refractivity contribution is -0.147. The number of carbonyl (C=O) groups is 3. The van der Waals surface area contributed by atoms with E-state index in [1.165, 1.54) is 13.8 Å². The van der Waals surface area contributed by atoms with E-state index in [0.717, 1.165) is 0 Å². The second kappa shape index (κ2) is 8.88. The van der Waals surface area contributed by atoms with Crippen LogP contribution in [0.15, 0.2) is 0 Å². The number of rotatable bonds is 9. The van der Waals surface area contributed by atoms with Gasteiger partial charge in [-0.2, -0.15) is 0 Å². The number of esters is 1. The molecule has 0 spiro atoms. The fraction of sp³-hybridized carbons (Fsp3) is 0.812. The van der Waals surface area contributed by atoms with Gasteiger partial charge in [0, 0.05) is 19.3 Å². The molecular weight excluding hydrogens is 286 g/mol. The molecule has 0 radical (unpaired) electrons. The molecule has 3 atom stereocenters. The Bertz CT molecular complexity index is 405. The number of hydrogen-bond acceptors (Lipinski definition) is 5. The van der Waals surface area contributed by atoms with Crippen LogP contribution in [-0.2, 0) is 19.1 Å². The van der Waals surface area contributed by atoms with Crippen LogP contribution in [0.5, 0.6) is 0 Å². The van der Waals surface area contributed by atoms with Gasteiger partial charge >= 0.3 is 5.97 Å². The van der Waals surface area contributed by atoms with E-state index in [4.69, 9.17) is 4.74 Å². The topological polar surface area (TPSA) is 92.7 Å². The minimum atomic E-state index is -0.916. The predicted molar refractivity (Wildman–Crippen MR) is 83.2 cm³/mol. The van der Waals surface area contributed by atoms with Crippen molar-refractivity contribution in [3.8, 4) is 0 Å². The Morgan fingerprint density at radius 2 is 1.73 bits per heavy atom. The quantitative estimate of drug-likeness (QED) is 0.630. The molecule has 6 nitrogen and oxygen atoms in total. The van der Waals surface area contributed by atoms with E-state index in [9.17, 15) is 19.5 Å². The van der Waals surface area contributed by atoms with Gasteiger partial charge in [0.1, 0.15) is 6.10 Å². The number of ketones is 1. The number of hydrogen-bond donors (Lipinski definition) is 2. The highest BCUT2D eigenvalue weighted by atomic mass is 16.5. The van der Waals surface area contributed by atoms with E-state index >= 15 is 0 Å². The Balaban J connectivity index is 4.55. The van der Waals surface area contributed by atoms with Crippen molar-refractivity contribution in [3.05, 3.63) is 0 Å². The molecule has 0 aromatic carbocycles. The van der Waals surface area contributed by atoms with Gasteiger partial charge < -0.3 is 15.2 Å². The number of aliphatic hydroxyl groups excluding tert-OH is 1. The molecule has 128 valence electrons. The lowest BCUT2D eigenvalue weighted by Gasteiger charge is -2.27. The monoisotopic (exact) mass is 315 g/mol. The fourth-order valence-corrected chi connectivity index (χ4v) is 2.10. The second-order valence-corrected chi connectivity index (χ2v) is 6.32. The van der Waals surface area contributed by atoms with E-state index in [1.807, 2.05) is 6.92 Å². The average Bonchev–Trinajstić information content (AvgIpc) is 2.33. The van der Waals surface area contributed by atoms with Crippen LogP contribution in [0.25, 0.3) is 0 Å². The van der Waals surface area contributed by atoms with Crippen LogP contribution in [0.4, 0.5) is 0 Å². The normalized spacial score (nSPS) is 15.6. The molecule has 0 heterocycles. The molecule has 0 saturated heterocycles. The molecular formula is C16H29NO5. The van der Waals surface area contributed by atoms with Crippen molar-refractivity contribution in [2.45, 2.75) is 78.6 Å². The maximum absolute atomic E-state index is 12.2. The smallest absolute Gasteiger partial charge is 0.302 e. The predicted octanol–water partition coefficient (Wildman–Crippen LogP) is 1.59. The van der Waals surface area contributed by atoms with Crippen LogP contribution in [-0.4, -0.2) is 40.5 Å². The van der Waals surface area contributed by atoms with E-state index in [0.29, 0.717) is 6.42 Å². The summed E-state index contributed by atoms with van der Waals surface area (Å²) >= 11 is 0. The first-order chi connectivity index (χ1) is 9.99. The molecule has 22 heavy (non-hydrogen) atoms. The fourth-order valence-electron chi connectivity index (χ4n) is 2.10. The van der Waals surface area contributed by atoms with Crippen LogP contribution in [0.3, 0.4) is 0 Å². The van der Waals surface area contributed by atoms with Gasteiger partial charge in [0.25, 0.3) is 0 Å². The van der Waals surface area contributed by atoms with E-state index in [2.05, 4.69) is 5.32 Å². The van der Waals surface area contributed by atoms with Gasteiger partial charge in [-0.3, -0.25) is 14.4 Å². The molecule has 0 aliphatic heterocycles. The van der Waals surface area contributed by atoms with Gasteiger partial charge in [-0.15, -0.1) is 0 Å². The first-order valence-electron chi connectivity index (χ1n) is 7.67. The third-order valence-electron chi connectivity index (χ3n) is 3.71. The molecule has 6 heteroatoms. The summed E-state index contributed by atoms with van der Waals surface area (Å²) in [6.45, 7) is 9.60. The largest absolute Gasteiger partial charge is 0.463 e. The Hall–Kier alpha value is -1.43. The van der Waals surface area contributed by atoms with Crippen molar-refractivity contribution in [2.75, 3.05) is 0 Å². The summed E-state index contributed by atoms with van der Waals surface area (Å²) in [7, 11) is 0. The average molecular weight is 315 g/mol. The number of nitrogens with one attached hydrogen (secondary N) is 1. The summed E-state index contributed by atoms with van der Waals surface area (Å²) in [4.78, 5) is 34.5. The number of Topliss-reactive ketones (excluding diaryl/α,β-unsaturated/α-hetero) is 1. The molecule has 0 aromatic heterocycles. The van der Waals surface area contributed by atoms with Crippen LogP contribution in [0.2, 0.25) is 0 Å². The number of ether oxygens (including phenoxy) is 1. The lowest BCUT2D eigenvalue weighted by atomic mass is 9.93. The van der Waals surface area contributed by atoms with E-state index < -0.39 is 29.6 Å². The zero-order chi connectivity index (χ0) is 17.5. The van der Waals surface area contributed by atoms with Gasteiger partial charge in [-0.25, -0.2) is 0 Å². The van der Waals surface area contributed by atoms with Crippen LogP contribution >= 0.6 is 0 Å². The Morgan fingerprint density at radius 1 is 1.18 bits per heavy atom. The van der Waals surface area contributed by atoms with Crippen molar-refractivity contribution in [1.82, 2.24) is 5.32 Å². The van der Waals surface area contributed by atoms with Crippen LogP contribution in [0.1, 0.15) is 60.8 Å². The Labute approximate surface area is 132 Å². The maximum Gasteiger partial charge on any atom is 0.302 e. The summed E-state index contributed by atoms with van der Waals surface area (Å²) < 4.78 is 4.96. The Morgan fingerprint density at radius 3 is 2.14 bits per heavy atom. The number of amides is 1. The van der Waals surface area contributed by atoms with Crippen molar-refractivity contribution in [3.63, 3.8) is 0 Å². The molecule has 2 N–H and O–H groups in total. The summed E-state index contributed by atoms with van der Waals surface area (Å²) in [6, 6.07) is 0. The molecule has 0 aromatic rings. The third-order valence-corrected chi connectivity index (χ3v) is 3.71. The molecule has 0 aliphatic carbocycles. The molecule has 0 rings (SSSR count). The molecule has 1 amide bonds. The highest BCUT2D eigenvalue weighted by Crippen LogP contribution is 2.17. The minimum Gasteiger partial charge on any atom is -0.463 e. The summed E-state index contributed by atoms with van der Waals surface area (Å²) in [5.41, 5.74) is -0.916. The molecule has 0 aliphatic rings. The van der Waals surface area contributed by atoms with Crippen molar-refractivity contribution >= 4 is 17.7 Å². The van der Waals surface area contributed by atoms with Crippen molar-refractivity contribution < 1.29 is 24.2 Å². The van der Waals surface area contributed by atoms with Gasteiger partial charge in [0.2, 0.25) is 5.91 Å². The number of aliphatic hydroxyl groups is 1. The first kappa shape index (κ1) is 20.6. The number of carbonyl (C=O) groups excluding carboxylic acids is 3. The van der Waals surface area contributed by atoms with Crippen molar-refractivity contribution in [2.24, 2.45) is 5.92 Å². The maximum atomic E-state index is 12.2. The third kappa shape index (κ3) is 7.54. The summed E-state index contributed by atoms with van der Waals surface area (Å²) in [5.74, 6) is -1.16. The summed E-state index contributed by atoms with van der Waals surface area (Å²) in [6.07, 6.45) is -0.0487. The van der Waals surface area contributed by atoms with Crippen LogP contribution < -0.4 is 5.32 Å². The second-order valence-electron chi connectivity index (χ2n) is 6.32. The lowest BCUT2D eigenvalue weighted by Crippen LogP contribution is -2.51. The van der Waals surface area contributed by atoms with Gasteiger partial charge in [0.05, 0.1) is 11.6 Å². The minimum absolute atomic E-state index is 0.125. The zero-order valence-electron chi connectivity index (χ0n) is 14.4. The summed E-state index contributed by atoms with van der Waals surface area (Å²) in [5, 5.41) is 12.8. The SMILES string of the molecule is CCC(CC(O)CC(C)OC(C)=O)C(=O)NC(C)(C)C(C)=O. The van der Waals surface area contributed by atoms with Crippen molar-refractivity contribution in [1.29, 1.82) is 0 Å².